The molecule has 5 heteroatoms. The van der Waals surface area contributed by atoms with E-state index >= 15 is 0 Å². The highest BCUT2D eigenvalue weighted by molar-refractivity contribution is 8.01. The number of hydrogen-bond donors (Lipinski definition) is 2. The van der Waals surface area contributed by atoms with Gasteiger partial charge in [0, 0.05) is 31.2 Å². The van der Waals surface area contributed by atoms with E-state index in [-0.39, 0.29) is 0 Å². The Balaban J connectivity index is 2.46. The van der Waals surface area contributed by atoms with E-state index in [2.05, 4.69) is 30.6 Å². The zero-order chi connectivity index (χ0) is 17.7. The molecule has 0 amide bonds. The zero-order valence-corrected chi connectivity index (χ0v) is 14.7. The van der Waals surface area contributed by atoms with Crippen LogP contribution in [0.4, 0.5) is 0 Å². The molecule has 0 saturated carbocycles. The van der Waals surface area contributed by atoms with Crippen molar-refractivity contribution in [1.29, 1.82) is 5.26 Å². The lowest BCUT2D eigenvalue weighted by molar-refractivity contribution is 0.923. The molecule has 0 saturated heterocycles. The maximum absolute atomic E-state index is 9.01. The molecule has 1 heterocycles. The van der Waals surface area contributed by atoms with Crippen LogP contribution in [0, 0.1) is 11.3 Å². The predicted molar refractivity (Wildman–Crippen MR) is 104 cm³/mol. The van der Waals surface area contributed by atoms with Crippen LogP contribution >= 0.6 is 11.9 Å². The van der Waals surface area contributed by atoms with E-state index in [9.17, 15) is 0 Å². The van der Waals surface area contributed by atoms with Crippen LogP contribution in [-0.4, -0.2) is 11.6 Å². The molecular weight excluding hydrogens is 316 g/mol. The number of nitrogens with two attached hydrogens (primary N) is 1. The number of nitrogens with zero attached hydrogens (tertiary/aromatic N) is 2. The van der Waals surface area contributed by atoms with Crippen molar-refractivity contribution in [3.05, 3.63) is 63.6 Å². The molecule has 0 aliphatic heterocycles. The molecule has 0 aliphatic rings. The van der Waals surface area contributed by atoms with Crippen LogP contribution < -0.4 is 20.9 Å². The summed E-state index contributed by atoms with van der Waals surface area (Å²) in [7, 11) is 3.80. The van der Waals surface area contributed by atoms with E-state index in [1.807, 2.05) is 49.0 Å². The normalized spacial score (nSPS) is 12.1. The van der Waals surface area contributed by atoms with Gasteiger partial charge in [-0.1, -0.05) is 25.3 Å². The Morgan fingerprint density at radius 3 is 2.71 bits per heavy atom. The maximum atomic E-state index is 9.01. The van der Waals surface area contributed by atoms with Gasteiger partial charge in [-0.2, -0.15) is 5.26 Å². The zero-order valence-electron chi connectivity index (χ0n) is 13.8. The van der Waals surface area contributed by atoms with Crippen molar-refractivity contribution in [2.24, 2.45) is 12.2 Å². The summed E-state index contributed by atoms with van der Waals surface area (Å²) >= 11 is 0.949. The van der Waals surface area contributed by atoms with Crippen LogP contribution in [0.5, 0.6) is 0 Å². The Bertz CT molecular complexity index is 945. The molecule has 3 N–H and O–H groups in total. The molecule has 0 spiro atoms. The van der Waals surface area contributed by atoms with Gasteiger partial charge in [0.2, 0.25) is 0 Å². The van der Waals surface area contributed by atoms with Gasteiger partial charge >= 0.3 is 0 Å². The number of nitriles is 1. The quantitative estimate of drug-likeness (QED) is 0.648. The van der Waals surface area contributed by atoms with Crippen LogP contribution in [-0.2, 0) is 7.05 Å². The van der Waals surface area contributed by atoms with Crippen LogP contribution in [0.3, 0.4) is 0 Å². The Kier molecular flexibility index (Phi) is 5.69. The third-order valence-corrected chi connectivity index (χ3v) is 4.23. The van der Waals surface area contributed by atoms with Gasteiger partial charge in [-0.3, -0.25) is 5.14 Å². The molecule has 0 unspecified atom stereocenters. The van der Waals surface area contributed by atoms with Gasteiger partial charge < -0.3 is 9.88 Å². The van der Waals surface area contributed by atoms with Gasteiger partial charge in [-0.05, 0) is 58.3 Å². The summed E-state index contributed by atoms with van der Waals surface area (Å²) in [5.74, 6) is 0. The first kappa shape index (κ1) is 17.7. The SMILES string of the molecule is C=C(/C=c1/ccc(-c2ccc(/C=C(\C#N)SN)n2C)cc1=C)NC. The number of rotatable bonds is 5. The molecule has 0 bridgehead atoms. The second-order valence-corrected chi connectivity index (χ2v) is 5.95. The van der Waals surface area contributed by atoms with E-state index in [4.69, 9.17) is 10.4 Å². The molecule has 2 rings (SSSR count). The van der Waals surface area contributed by atoms with Crippen LogP contribution in [0.2, 0.25) is 0 Å². The standard InChI is InChI=1S/C19H20N4S/c1-13-9-16(6-5-15(13)10-14(2)22-3)19-8-7-17(23(19)4)11-18(12-20)24-21/h5-11,22H,1-2,21H2,3-4H3/b15-10-,18-11+. The van der Waals surface area contributed by atoms with Crippen molar-refractivity contribution in [3.8, 4) is 17.3 Å². The first-order chi connectivity index (χ1) is 11.5. The number of benzene rings is 1. The predicted octanol–water partition coefficient (Wildman–Crippen LogP) is 2.09. The lowest BCUT2D eigenvalue weighted by Crippen LogP contribution is -2.24. The van der Waals surface area contributed by atoms with Crippen molar-refractivity contribution in [3.63, 3.8) is 0 Å². The van der Waals surface area contributed by atoms with Gasteiger partial charge in [-0.25, -0.2) is 0 Å². The Morgan fingerprint density at radius 1 is 1.38 bits per heavy atom. The third-order valence-electron chi connectivity index (χ3n) is 3.77. The van der Waals surface area contributed by atoms with Gasteiger partial charge in [0.05, 0.1) is 0 Å². The van der Waals surface area contributed by atoms with Gasteiger partial charge in [0.25, 0.3) is 0 Å². The lowest BCUT2D eigenvalue weighted by Gasteiger charge is -2.06. The summed E-state index contributed by atoms with van der Waals surface area (Å²) in [6, 6.07) is 12.2. The molecule has 0 atom stereocenters. The monoisotopic (exact) mass is 336 g/mol. The second-order valence-electron chi connectivity index (χ2n) is 5.27. The Morgan fingerprint density at radius 2 is 2.12 bits per heavy atom. The number of allylic oxidation sites excluding steroid dienone is 2. The third kappa shape index (κ3) is 3.80. The summed E-state index contributed by atoms with van der Waals surface area (Å²) in [6.07, 6.45) is 3.74. The molecule has 0 fully saturated rings. The fourth-order valence-electron chi connectivity index (χ4n) is 2.35. The van der Waals surface area contributed by atoms with E-state index in [0.29, 0.717) is 4.91 Å². The summed E-state index contributed by atoms with van der Waals surface area (Å²) < 4.78 is 2.03. The first-order valence-electron chi connectivity index (χ1n) is 7.32. The summed E-state index contributed by atoms with van der Waals surface area (Å²) in [5, 5.41) is 19.4. The largest absolute Gasteiger partial charge is 0.389 e. The molecule has 1 aromatic heterocycles. The van der Waals surface area contributed by atoms with Crippen molar-refractivity contribution in [2.45, 2.75) is 0 Å². The molecule has 24 heavy (non-hydrogen) atoms. The minimum atomic E-state index is 0.469. The molecule has 2 aromatic rings. The van der Waals surface area contributed by atoms with E-state index in [0.717, 1.165) is 45.0 Å². The molecular formula is C19H20N4S. The van der Waals surface area contributed by atoms with Crippen molar-refractivity contribution < 1.29 is 0 Å². The Hall–Kier alpha value is -2.68. The average molecular weight is 336 g/mol. The van der Waals surface area contributed by atoms with Crippen LogP contribution in [0.1, 0.15) is 5.69 Å². The average Bonchev–Trinajstić information content (AvgIpc) is 2.94. The highest BCUT2D eigenvalue weighted by atomic mass is 32.2. The molecule has 0 radical (unpaired) electrons. The molecule has 122 valence electrons. The molecule has 4 nitrogen and oxygen atoms in total. The van der Waals surface area contributed by atoms with Crippen LogP contribution in [0.15, 0.2) is 47.5 Å². The second kappa shape index (κ2) is 7.73. The lowest BCUT2D eigenvalue weighted by atomic mass is 10.1. The Labute approximate surface area is 146 Å². The maximum Gasteiger partial charge on any atom is 0.108 e. The fourth-order valence-corrected chi connectivity index (χ4v) is 2.60. The smallest absolute Gasteiger partial charge is 0.108 e. The van der Waals surface area contributed by atoms with Crippen molar-refractivity contribution in [1.82, 2.24) is 9.88 Å². The summed E-state index contributed by atoms with van der Waals surface area (Å²) in [5.41, 5.74) is 3.87. The van der Waals surface area contributed by atoms with Gasteiger partial charge in [0.15, 0.2) is 0 Å². The van der Waals surface area contributed by atoms with Gasteiger partial charge in [-0.15, -0.1) is 0 Å². The number of aromatic nitrogens is 1. The van der Waals surface area contributed by atoms with Crippen molar-refractivity contribution in [2.75, 3.05) is 7.05 Å². The molecule has 1 aromatic carbocycles. The number of nitrogens with one attached hydrogen (secondary N) is 1. The van der Waals surface area contributed by atoms with E-state index in [1.165, 1.54) is 0 Å². The molecule has 0 aliphatic carbocycles. The summed E-state index contributed by atoms with van der Waals surface area (Å²) in [6.45, 7) is 8.03. The number of hydrogen-bond acceptors (Lipinski definition) is 4. The van der Waals surface area contributed by atoms with Crippen molar-refractivity contribution >= 4 is 30.7 Å². The highest BCUT2D eigenvalue weighted by Crippen LogP contribution is 2.22. The first-order valence-corrected chi connectivity index (χ1v) is 8.20. The van der Waals surface area contributed by atoms with E-state index < -0.39 is 0 Å². The van der Waals surface area contributed by atoms with E-state index in [1.54, 1.807) is 6.08 Å². The minimum absolute atomic E-state index is 0.469. The summed E-state index contributed by atoms with van der Waals surface area (Å²) in [4.78, 5) is 0.469. The highest BCUT2D eigenvalue weighted by Gasteiger charge is 2.06. The van der Waals surface area contributed by atoms with Gasteiger partial charge in [0.1, 0.15) is 11.0 Å². The minimum Gasteiger partial charge on any atom is -0.389 e. The topological polar surface area (TPSA) is 66.8 Å². The van der Waals surface area contributed by atoms with Crippen LogP contribution in [0.25, 0.3) is 30.0 Å². The fraction of sp³-hybridized carbons (Fsp3) is 0.105.